The SMILES string of the molecule is CCc1ccc(Oc2nc3ccc(Cl)cc3s2)cc1C1=C(O)C(C)(C)OC(C)(CCCc2ccc(Oc3ncc(Cl)cn3)cc2C2=C(O)C(C)(C)OC(C)(C)C2=O)C1=O. The van der Waals surface area contributed by atoms with Crippen LogP contribution in [0.4, 0.5) is 0 Å². The Morgan fingerprint density at radius 3 is 1.97 bits per heavy atom. The molecule has 308 valence electrons. The van der Waals surface area contributed by atoms with Crippen molar-refractivity contribution in [3.8, 4) is 22.7 Å². The second-order valence-electron chi connectivity index (χ2n) is 16.4. The first kappa shape index (κ1) is 42.3. The molecule has 3 aromatic carbocycles. The van der Waals surface area contributed by atoms with Crippen molar-refractivity contribution >= 4 is 67.5 Å². The van der Waals surface area contributed by atoms with Crippen LogP contribution in [0.15, 0.2) is 78.5 Å². The highest BCUT2D eigenvalue weighted by Gasteiger charge is 2.50. The van der Waals surface area contributed by atoms with Crippen LogP contribution in [0, 0.1) is 0 Å². The molecule has 11 nitrogen and oxygen atoms in total. The molecule has 7 rings (SSSR count). The fraction of sp³-hybridized carbons (Fsp3) is 0.356. The van der Waals surface area contributed by atoms with Gasteiger partial charge in [-0.25, -0.2) is 15.0 Å². The van der Waals surface area contributed by atoms with Gasteiger partial charge in [0.15, 0.2) is 11.6 Å². The Bertz CT molecular complexity index is 2560. The number of fused-ring (bicyclic) bond motifs is 1. The summed E-state index contributed by atoms with van der Waals surface area (Å²) in [5.41, 5.74) is -1.39. The molecule has 59 heavy (non-hydrogen) atoms. The average Bonchev–Trinajstić information content (AvgIpc) is 3.56. The quantitative estimate of drug-likeness (QED) is 0.131. The lowest BCUT2D eigenvalue weighted by molar-refractivity contribution is -0.164. The molecule has 2 N–H and O–H groups in total. The molecule has 1 atom stereocenters. The van der Waals surface area contributed by atoms with Crippen molar-refractivity contribution < 1.29 is 38.7 Å². The normalized spacial score (nSPS) is 20.0. The van der Waals surface area contributed by atoms with Gasteiger partial charge in [0.05, 0.1) is 38.8 Å². The Labute approximate surface area is 356 Å². The molecular weight excluding hydrogens is 813 g/mol. The van der Waals surface area contributed by atoms with Crippen LogP contribution < -0.4 is 9.47 Å². The molecule has 0 saturated heterocycles. The van der Waals surface area contributed by atoms with E-state index in [1.54, 1.807) is 72.7 Å². The van der Waals surface area contributed by atoms with E-state index < -0.39 is 28.2 Å². The van der Waals surface area contributed by atoms with Crippen LogP contribution in [0.5, 0.6) is 22.7 Å². The first-order valence-electron chi connectivity index (χ1n) is 19.2. The maximum Gasteiger partial charge on any atom is 0.321 e. The van der Waals surface area contributed by atoms with Crippen molar-refractivity contribution in [2.75, 3.05) is 0 Å². The molecule has 2 aliphatic heterocycles. The Kier molecular flexibility index (Phi) is 11.2. The number of aryl methyl sites for hydroxylation is 2. The Hall–Kier alpha value is -4.85. The zero-order chi connectivity index (χ0) is 42.7. The molecule has 1 unspecified atom stereocenters. The summed E-state index contributed by atoms with van der Waals surface area (Å²) >= 11 is 13.5. The highest BCUT2D eigenvalue weighted by molar-refractivity contribution is 7.20. The summed E-state index contributed by atoms with van der Waals surface area (Å²) in [4.78, 5) is 41.5. The van der Waals surface area contributed by atoms with Crippen LogP contribution in [0.3, 0.4) is 0 Å². The van der Waals surface area contributed by atoms with E-state index in [-0.39, 0.29) is 40.9 Å². The van der Waals surface area contributed by atoms with Crippen molar-refractivity contribution in [1.29, 1.82) is 0 Å². The fourth-order valence-electron chi connectivity index (χ4n) is 7.76. The van der Waals surface area contributed by atoms with Gasteiger partial charge in [-0.1, -0.05) is 53.6 Å². The first-order valence-corrected chi connectivity index (χ1v) is 20.8. The number of aromatic nitrogens is 3. The molecule has 0 saturated carbocycles. The van der Waals surface area contributed by atoms with Crippen LogP contribution >= 0.6 is 34.5 Å². The zero-order valence-corrected chi connectivity index (χ0v) is 36.4. The van der Waals surface area contributed by atoms with Gasteiger partial charge in [0, 0.05) is 5.02 Å². The molecule has 0 fully saturated rings. The molecule has 5 aromatic rings. The van der Waals surface area contributed by atoms with Crippen molar-refractivity contribution in [2.24, 2.45) is 0 Å². The first-order chi connectivity index (χ1) is 27.7. The molecule has 0 spiro atoms. The fourth-order valence-corrected chi connectivity index (χ4v) is 8.97. The Morgan fingerprint density at radius 1 is 0.712 bits per heavy atom. The second-order valence-corrected chi connectivity index (χ2v) is 18.3. The number of hydrogen-bond donors (Lipinski definition) is 2. The minimum atomic E-state index is -1.35. The molecule has 2 aliphatic rings. The minimum absolute atomic E-state index is 0.0475. The summed E-state index contributed by atoms with van der Waals surface area (Å²) in [6, 6.07) is 16.2. The van der Waals surface area contributed by atoms with E-state index in [1.807, 2.05) is 37.3 Å². The van der Waals surface area contributed by atoms with Crippen LogP contribution in [0.2, 0.25) is 10.0 Å². The third-order valence-corrected chi connectivity index (χ3v) is 11.9. The Morgan fingerprint density at radius 2 is 1.31 bits per heavy atom. The third kappa shape index (κ3) is 8.34. The Balaban J connectivity index is 1.20. The maximum absolute atomic E-state index is 14.7. The molecule has 14 heteroatoms. The number of nitrogens with zero attached hydrogens (tertiary/aromatic N) is 3. The van der Waals surface area contributed by atoms with Crippen molar-refractivity contribution in [3.05, 3.63) is 111 Å². The lowest BCUT2D eigenvalue weighted by Crippen LogP contribution is -2.51. The average molecular weight is 859 g/mol. The van der Waals surface area contributed by atoms with Gasteiger partial charge in [-0.3, -0.25) is 9.59 Å². The number of aliphatic hydroxyl groups excluding tert-OH is 2. The number of rotatable bonds is 11. The lowest BCUT2D eigenvalue weighted by atomic mass is 9.78. The van der Waals surface area contributed by atoms with Gasteiger partial charge in [0.2, 0.25) is 0 Å². The van der Waals surface area contributed by atoms with Crippen molar-refractivity contribution in [1.82, 2.24) is 15.0 Å². The molecule has 0 bridgehead atoms. The van der Waals surface area contributed by atoms with Gasteiger partial charge in [-0.05, 0) is 139 Å². The zero-order valence-electron chi connectivity index (χ0n) is 34.0. The van der Waals surface area contributed by atoms with Crippen LogP contribution in [0.25, 0.3) is 21.4 Å². The smallest absolute Gasteiger partial charge is 0.321 e. The number of halogens is 2. The number of thiazole rings is 1. The molecule has 0 amide bonds. The second kappa shape index (κ2) is 15.6. The van der Waals surface area contributed by atoms with Crippen molar-refractivity contribution in [3.63, 3.8) is 0 Å². The number of aliphatic hydroxyl groups is 2. The highest BCUT2D eigenvalue weighted by Crippen LogP contribution is 2.46. The van der Waals surface area contributed by atoms with E-state index >= 15 is 0 Å². The predicted octanol–water partition coefficient (Wildman–Crippen LogP) is 11.4. The van der Waals surface area contributed by atoms with Gasteiger partial charge in [-0.2, -0.15) is 0 Å². The third-order valence-electron chi connectivity index (χ3n) is 10.6. The van der Waals surface area contributed by atoms with Crippen LogP contribution in [-0.2, 0) is 31.9 Å². The largest absolute Gasteiger partial charge is 0.508 e. The van der Waals surface area contributed by atoms with E-state index in [9.17, 15) is 19.8 Å². The number of benzene rings is 3. The monoisotopic (exact) mass is 857 g/mol. The summed E-state index contributed by atoms with van der Waals surface area (Å²) in [5.74, 6) is -0.364. The summed E-state index contributed by atoms with van der Waals surface area (Å²) < 4.78 is 25.5. The number of hydrogen-bond acceptors (Lipinski definition) is 12. The summed E-state index contributed by atoms with van der Waals surface area (Å²) in [5, 5.41) is 24.6. The molecule has 2 aromatic heterocycles. The topological polar surface area (TPSA) is 150 Å². The van der Waals surface area contributed by atoms with E-state index in [2.05, 4.69) is 15.0 Å². The standard InChI is InChI=1S/C45H45Cl2N3O8S/c1-9-24-12-15-29(56-41-50-32-17-14-26(46)19-33(32)59-41)21-30(24)35-38(53)44(6,7)58-45(8,39(35)54)18-10-11-25-13-16-28(55-40-48-22-27(47)23-49-40)20-31(25)34-36(51)42(2,3)57-43(4,5)37(34)52/h12-17,19-23,51,53H,9-11,18H2,1-8H3. The number of ether oxygens (including phenoxy) is 4. The molecular formula is C45H45Cl2N3O8S. The number of carbonyl (C=O) groups is 2. The highest BCUT2D eigenvalue weighted by atomic mass is 35.5. The predicted molar refractivity (Wildman–Crippen MR) is 229 cm³/mol. The van der Waals surface area contributed by atoms with Gasteiger partial charge in [-0.15, -0.1) is 0 Å². The number of ketones is 2. The molecule has 0 radical (unpaired) electrons. The molecule has 0 aliphatic carbocycles. The van der Waals surface area contributed by atoms with E-state index in [1.165, 1.54) is 23.7 Å². The lowest BCUT2D eigenvalue weighted by Gasteiger charge is -2.43. The number of carbonyl (C=O) groups excluding carboxylic acids is 2. The summed E-state index contributed by atoms with van der Waals surface area (Å²) in [6.45, 7) is 14.0. The number of Topliss-reactive ketones (excluding diaryl/α,β-unsaturated/α-hetero) is 2. The van der Waals surface area contributed by atoms with E-state index in [4.69, 9.17) is 42.1 Å². The van der Waals surface area contributed by atoms with Gasteiger partial charge < -0.3 is 29.2 Å². The molecule has 4 heterocycles. The van der Waals surface area contributed by atoms with Crippen molar-refractivity contribution in [2.45, 2.75) is 103 Å². The summed E-state index contributed by atoms with van der Waals surface area (Å²) in [6.07, 6.45) is 4.47. The van der Waals surface area contributed by atoms with Crippen LogP contribution in [-0.4, -0.2) is 59.1 Å². The van der Waals surface area contributed by atoms with E-state index in [0.29, 0.717) is 57.1 Å². The van der Waals surface area contributed by atoms with E-state index in [0.717, 1.165) is 21.3 Å². The maximum atomic E-state index is 14.7. The van der Waals surface area contributed by atoms with Gasteiger partial charge in [0.1, 0.15) is 45.4 Å². The minimum Gasteiger partial charge on any atom is -0.508 e. The summed E-state index contributed by atoms with van der Waals surface area (Å²) in [7, 11) is 0. The van der Waals surface area contributed by atoms with Gasteiger partial charge in [0.25, 0.3) is 5.19 Å². The van der Waals surface area contributed by atoms with Gasteiger partial charge >= 0.3 is 6.01 Å². The van der Waals surface area contributed by atoms with Crippen LogP contribution in [0.1, 0.15) is 90.5 Å².